The number of guanidine groups is 1. The Labute approximate surface area is 183 Å². The average Bonchev–Trinajstić information content (AvgIpc) is 3.19. The number of nitrogens with zero attached hydrogens (tertiary/aromatic N) is 3. The van der Waals surface area contributed by atoms with Crippen LogP contribution in [0.4, 0.5) is 0 Å². The van der Waals surface area contributed by atoms with Gasteiger partial charge in [-0.3, -0.25) is 0 Å². The number of aromatic nitrogens is 1. The summed E-state index contributed by atoms with van der Waals surface area (Å²) in [5.41, 5.74) is 1.03. The Hall–Kier alpha value is -0.230. The Kier molecular flexibility index (Phi) is 10.5. The second-order valence-corrected chi connectivity index (χ2v) is 8.11. The molecule has 0 aliphatic heterocycles. The summed E-state index contributed by atoms with van der Waals surface area (Å²) in [6, 6.07) is 2.11. The quantitative estimate of drug-likeness (QED) is 0.299. The van der Waals surface area contributed by atoms with Gasteiger partial charge in [-0.1, -0.05) is 0 Å². The lowest BCUT2D eigenvalue weighted by Gasteiger charge is -2.21. The molecule has 0 saturated carbocycles. The first-order chi connectivity index (χ1) is 11.5. The number of nitrogens with one attached hydrogen (secondary N) is 1. The monoisotopic (exact) mass is 558 g/mol. The molecule has 0 aromatic carbocycles. The molecule has 2 rings (SSSR count). The van der Waals surface area contributed by atoms with E-state index >= 15 is 0 Å². The van der Waals surface area contributed by atoms with Gasteiger partial charge < -0.3 is 15.0 Å². The van der Waals surface area contributed by atoms with Crippen LogP contribution in [0.15, 0.2) is 26.3 Å². The van der Waals surface area contributed by atoms with Gasteiger partial charge >= 0.3 is 0 Å². The lowest BCUT2D eigenvalue weighted by atomic mass is 10.4. The van der Waals surface area contributed by atoms with E-state index in [0.717, 1.165) is 27.7 Å². The van der Waals surface area contributed by atoms with Gasteiger partial charge in [0.25, 0.3) is 0 Å². The molecule has 1 atom stereocenters. The van der Waals surface area contributed by atoms with Crippen LogP contribution in [0.3, 0.4) is 0 Å². The predicted octanol–water partition coefficient (Wildman–Crippen LogP) is 4.89. The van der Waals surface area contributed by atoms with Gasteiger partial charge in [0.05, 0.1) is 18.8 Å². The van der Waals surface area contributed by atoms with Crippen molar-refractivity contribution >= 4 is 68.5 Å². The molecule has 9 heteroatoms. The fourth-order valence-corrected chi connectivity index (χ4v) is 4.28. The van der Waals surface area contributed by atoms with Gasteiger partial charge in [-0.2, -0.15) is 0 Å². The highest BCUT2D eigenvalue weighted by molar-refractivity contribution is 14.0. The zero-order valence-electron chi connectivity index (χ0n) is 14.8. The van der Waals surface area contributed by atoms with E-state index in [-0.39, 0.29) is 30.1 Å². The summed E-state index contributed by atoms with van der Waals surface area (Å²) >= 11 is 6.83. The van der Waals surface area contributed by atoms with Crippen LogP contribution in [0, 0.1) is 0 Å². The summed E-state index contributed by atoms with van der Waals surface area (Å²) in [7, 11) is 3.74. The van der Waals surface area contributed by atoms with Crippen LogP contribution in [0.1, 0.15) is 35.5 Å². The van der Waals surface area contributed by atoms with E-state index in [2.05, 4.69) is 54.9 Å². The summed E-state index contributed by atoms with van der Waals surface area (Å²) in [6.07, 6.45) is 0.0354. The SMILES string of the molecule is CCNC(=NCc1cc(Br)cs1)N(C)Cc1csc(C(C)OC)n1.I. The maximum Gasteiger partial charge on any atom is 0.194 e. The summed E-state index contributed by atoms with van der Waals surface area (Å²) < 4.78 is 6.44. The van der Waals surface area contributed by atoms with Crippen molar-refractivity contribution in [3.05, 3.63) is 36.9 Å². The lowest BCUT2D eigenvalue weighted by molar-refractivity contribution is 0.119. The van der Waals surface area contributed by atoms with Crippen LogP contribution in [0.25, 0.3) is 0 Å². The number of hydrogen-bond donors (Lipinski definition) is 1. The fourth-order valence-electron chi connectivity index (χ4n) is 2.06. The lowest BCUT2D eigenvalue weighted by Crippen LogP contribution is -2.38. The normalized spacial score (nSPS) is 12.6. The zero-order chi connectivity index (χ0) is 17.5. The van der Waals surface area contributed by atoms with E-state index < -0.39 is 0 Å². The third-order valence-corrected chi connectivity index (χ3v) is 6.11. The van der Waals surface area contributed by atoms with Crippen molar-refractivity contribution in [1.82, 2.24) is 15.2 Å². The van der Waals surface area contributed by atoms with E-state index in [0.29, 0.717) is 13.1 Å². The third kappa shape index (κ3) is 7.12. The number of hydrogen-bond acceptors (Lipinski definition) is 5. The van der Waals surface area contributed by atoms with Crippen molar-refractivity contribution in [2.24, 2.45) is 4.99 Å². The number of rotatable bonds is 7. The maximum atomic E-state index is 5.33. The van der Waals surface area contributed by atoms with Crippen LogP contribution in [0.2, 0.25) is 0 Å². The number of thiophene rings is 1. The van der Waals surface area contributed by atoms with E-state index in [1.807, 2.05) is 14.0 Å². The summed E-state index contributed by atoms with van der Waals surface area (Å²) in [5.74, 6) is 0.886. The van der Waals surface area contributed by atoms with E-state index in [4.69, 9.17) is 9.73 Å². The molecule has 140 valence electrons. The smallest absolute Gasteiger partial charge is 0.194 e. The minimum absolute atomic E-state index is 0. The minimum Gasteiger partial charge on any atom is -0.375 e. The van der Waals surface area contributed by atoms with Crippen LogP contribution in [0.5, 0.6) is 0 Å². The standard InChI is InChI=1S/C16H23BrN4OS2.HI/c1-5-18-16(19-7-14-6-12(17)9-23-14)21(3)8-13-10-24-15(20-13)11(2)22-4;/h6,9-11H,5,7-8H2,1-4H3,(H,18,19);1H. The number of methoxy groups -OCH3 is 1. The van der Waals surface area contributed by atoms with Crippen LogP contribution >= 0.6 is 62.6 Å². The van der Waals surface area contributed by atoms with Crippen molar-refractivity contribution < 1.29 is 4.74 Å². The predicted molar refractivity (Wildman–Crippen MR) is 121 cm³/mol. The number of thiazole rings is 1. The molecule has 25 heavy (non-hydrogen) atoms. The van der Waals surface area contributed by atoms with Crippen molar-refractivity contribution in [2.45, 2.75) is 33.0 Å². The number of halogens is 2. The van der Waals surface area contributed by atoms with Crippen LogP contribution < -0.4 is 5.32 Å². The first-order valence-electron chi connectivity index (χ1n) is 7.73. The maximum absolute atomic E-state index is 5.33. The summed E-state index contributed by atoms with van der Waals surface area (Å²) in [6.45, 7) is 6.31. The molecule has 0 fully saturated rings. The van der Waals surface area contributed by atoms with Gasteiger partial charge in [0.15, 0.2) is 5.96 Å². The Balaban J connectivity index is 0.00000312. The van der Waals surface area contributed by atoms with Gasteiger partial charge in [0.2, 0.25) is 0 Å². The van der Waals surface area contributed by atoms with E-state index in [9.17, 15) is 0 Å². The Morgan fingerprint density at radius 2 is 2.20 bits per heavy atom. The highest BCUT2D eigenvalue weighted by Gasteiger charge is 2.12. The molecule has 5 nitrogen and oxygen atoms in total. The zero-order valence-corrected chi connectivity index (χ0v) is 20.3. The first-order valence-corrected chi connectivity index (χ1v) is 10.3. The molecule has 0 aliphatic carbocycles. The van der Waals surface area contributed by atoms with E-state index in [1.165, 1.54) is 4.88 Å². The Morgan fingerprint density at radius 3 is 2.80 bits per heavy atom. The summed E-state index contributed by atoms with van der Waals surface area (Å²) in [5, 5.41) is 8.51. The molecule has 1 N–H and O–H groups in total. The molecule has 2 aromatic heterocycles. The molecule has 0 spiro atoms. The van der Waals surface area contributed by atoms with Crippen molar-refractivity contribution in [3.63, 3.8) is 0 Å². The van der Waals surface area contributed by atoms with Gasteiger partial charge in [-0.25, -0.2) is 9.98 Å². The molecule has 0 bridgehead atoms. The highest BCUT2D eigenvalue weighted by Crippen LogP contribution is 2.22. The minimum atomic E-state index is 0. The fraction of sp³-hybridized carbons (Fsp3) is 0.500. The molecular weight excluding hydrogens is 535 g/mol. The third-order valence-electron chi connectivity index (χ3n) is 3.37. The van der Waals surface area contributed by atoms with Gasteiger partial charge in [0.1, 0.15) is 11.1 Å². The molecule has 2 heterocycles. The van der Waals surface area contributed by atoms with Crippen molar-refractivity contribution in [2.75, 3.05) is 20.7 Å². The van der Waals surface area contributed by atoms with Gasteiger partial charge in [-0.15, -0.1) is 46.7 Å². The molecule has 2 aromatic rings. The van der Waals surface area contributed by atoms with Crippen molar-refractivity contribution in [3.8, 4) is 0 Å². The Bertz CT molecular complexity index is 677. The molecule has 0 amide bonds. The largest absolute Gasteiger partial charge is 0.375 e. The average molecular weight is 559 g/mol. The van der Waals surface area contributed by atoms with Crippen molar-refractivity contribution in [1.29, 1.82) is 0 Å². The topological polar surface area (TPSA) is 49.8 Å². The second kappa shape index (κ2) is 11.5. The molecular formula is C16H24BrIN4OS2. The summed E-state index contributed by atoms with van der Waals surface area (Å²) in [4.78, 5) is 12.7. The molecule has 0 saturated heterocycles. The molecule has 1 unspecified atom stereocenters. The molecule has 0 aliphatic rings. The molecule has 0 radical (unpaired) electrons. The van der Waals surface area contributed by atoms with Crippen LogP contribution in [-0.4, -0.2) is 36.5 Å². The van der Waals surface area contributed by atoms with Crippen LogP contribution in [-0.2, 0) is 17.8 Å². The highest BCUT2D eigenvalue weighted by atomic mass is 127. The van der Waals surface area contributed by atoms with E-state index in [1.54, 1.807) is 29.8 Å². The number of aliphatic imine (C=N–C) groups is 1. The second-order valence-electron chi connectivity index (χ2n) is 5.31. The number of ether oxygens (including phenoxy) is 1. The first kappa shape index (κ1) is 22.8. The van der Waals surface area contributed by atoms with Gasteiger partial charge in [-0.05, 0) is 35.8 Å². The Morgan fingerprint density at radius 1 is 1.44 bits per heavy atom. The van der Waals surface area contributed by atoms with Gasteiger partial charge in [0, 0.05) is 40.8 Å².